The highest BCUT2D eigenvalue weighted by molar-refractivity contribution is 5.94. The summed E-state index contributed by atoms with van der Waals surface area (Å²) in [6, 6.07) is 11.9. The van der Waals surface area contributed by atoms with Gasteiger partial charge in [-0.05, 0) is 19.1 Å². The molecule has 4 nitrogen and oxygen atoms in total. The summed E-state index contributed by atoms with van der Waals surface area (Å²) in [5.41, 5.74) is 3.62. The average Bonchev–Trinajstić information content (AvgIpc) is 2.81. The van der Waals surface area contributed by atoms with E-state index in [0.29, 0.717) is 0 Å². The van der Waals surface area contributed by atoms with E-state index in [4.69, 9.17) is 5.26 Å². The first-order valence-electron chi connectivity index (χ1n) is 5.60. The van der Waals surface area contributed by atoms with E-state index in [0.717, 1.165) is 27.9 Å². The Morgan fingerprint density at radius 3 is 2.89 bits per heavy atom. The van der Waals surface area contributed by atoms with Crippen molar-refractivity contribution in [3.63, 3.8) is 0 Å². The maximum atomic E-state index is 8.91. The minimum Gasteiger partial charge on any atom is -0.360 e. The third-order valence-corrected chi connectivity index (χ3v) is 2.82. The quantitative estimate of drug-likeness (QED) is 0.704. The van der Waals surface area contributed by atoms with E-state index in [1.165, 1.54) is 0 Å². The molecule has 86 valence electrons. The number of rotatable bonds is 1. The number of nitriles is 1. The van der Waals surface area contributed by atoms with Crippen molar-refractivity contribution in [2.24, 2.45) is 0 Å². The Labute approximate surface area is 104 Å². The molecule has 0 aliphatic carbocycles. The number of para-hydroxylation sites is 1. The first-order chi connectivity index (χ1) is 8.78. The third-order valence-electron chi connectivity index (χ3n) is 2.82. The Bertz CT molecular complexity index is 765. The molecule has 0 amide bonds. The van der Waals surface area contributed by atoms with Gasteiger partial charge < -0.3 is 4.98 Å². The second kappa shape index (κ2) is 3.97. The highest BCUT2D eigenvalue weighted by atomic mass is 14.9. The number of benzene rings is 1. The van der Waals surface area contributed by atoms with Crippen LogP contribution in [0.1, 0.15) is 11.5 Å². The largest absolute Gasteiger partial charge is 0.360 e. The minimum absolute atomic E-state index is 0.204. The molecule has 1 aromatic carbocycles. The van der Waals surface area contributed by atoms with E-state index >= 15 is 0 Å². The van der Waals surface area contributed by atoms with Crippen molar-refractivity contribution in [2.75, 3.05) is 0 Å². The van der Waals surface area contributed by atoms with Gasteiger partial charge in [-0.15, -0.1) is 0 Å². The number of H-pyrrole nitrogens is 1. The number of nitrogens with zero attached hydrogens (tertiary/aromatic N) is 3. The molecule has 1 N–H and O–H groups in total. The Kier molecular flexibility index (Phi) is 2.31. The number of hydrogen-bond donors (Lipinski definition) is 1. The highest BCUT2D eigenvalue weighted by Crippen LogP contribution is 2.27. The number of hydrogen-bond acceptors (Lipinski definition) is 3. The van der Waals surface area contributed by atoms with Crippen molar-refractivity contribution in [3.8, 4) is 17.3 Å². The number of nitrogens with one attached hydrogen (secondary N) is 1. The van der Waals surface area contributed by atoms with Crippen LogP contribution in [0.5, 0.6) is 0 Å². The zero-order chi connectivity index (χ0) is 12.5. The lowest BCUT2D eigenvalue weighted by Crippen LogP contribution is -1.94. The molecule has 0 bridgehead atoms. The lowest BCUT2D eigenvalue weighted by molar-refractivity contribution is 1.07. The van der Waals surface area contributed by atoms with Crippen LogP contribution in [0.15, 0.2) is 36.5 Å². The van der Waals surface area contributed by atoms with Crippen molar-refractivity contribution in [1.82, 2.24) is 15.0 Å². The van der Waals surface area contributed by atoms with Gasteiger partial charge in [0.1, 0.15) is 6.07 Å². The van der Waals surface area contributed by atoms with Crippen LogP contribution in [0.2, 0.25) is 0 Å². The van der Waals surface area contributed by atoms with Gasteiger partial charge in [-0.2, -0.15) is 5.26 Å². The molecule has 2 heterocycles. The fourth-order valence-electron chi connectivity index (χ4n) is 2.04. The van der Waals surface area contributed by atoms with Crippen molar-refractivity contribution in [3.05, 3.63) is 48.0 Å². The smallest absolute Gasteiger partial charge is 0.232 e. The van der Waals surface area contributed by atoms with E-state index in [2.05, 4.69) is 15.0 Å². The van der Waals surface area contributed by atoms with E-state index in [1.807, 2.05) is 49.5 Å². The Morgan fingerprint density at radius 1 is 1.22 bits per heavy atom. The topological polar surface area (TPSA) is 65.4 Å². The van der Waals surface area contributed by atoms with Crippen LogP contribution in [0.3, 0.4) is 0 Å². The molecule has 0 aliphatic heterocycles. The van der Waals surface area contributed by atoms with Gasteiger partial charge in [-0.1, -0.05) is 18.2 Å². The third kappa shape index (κ3) is 1.62. The summed E-state index contributed by atoms with van der Waals surface area (Å²) in [4.78, 5) is 11.5. The molecule has 0 aliphatic rings. The van der Waals surface area contributed by atoms with Crippen molar-refractivity contribution >= 4 is 10.9 Å². The van der Waals surface area contributed by atoms with Gasteiger partial charge in [-0.3, -0.25) is 0 Å². The van der Waals surface area contributed by atoms with Gasteiger partial charge in [-0.25, -0.2) is 9.97 Å². The molecule has 3 aromatic rings. The monoisotopic (exact) mass is 234 g/mol. The zero-order valence-electron chi connectivity index (χ0n) is 9.81. The summed E-state index contributed by atoms with van der Waals surface area (Å²) >= 11 is 0. The number of aryl methyl sites for hydroxylation is 1. The normalized spacial score (nSPS) is 10.4. The van der Waals surface area contributed by atoms with Gasteiger partial charge in [0, 0.05) is 28.4 Å². The fourth-order valence-corrected chi connectivity index (χ4v) is 2.04. The zero-order valence-corrected chi connectivity index (χ0v) is 9.81. The second-order valence-electron chi connectivity index (χ2n) is 4.08. The van der Waals surface area contributed by atoms with Crippen molar-refractivity contribution in [2.45, 2.75) is 6.92 Å². The predicted octanol–water partition coefficient (Wildman–Crippen LogP) is 2.80. The summed E-state index contributed by atoms with van der Waals surface area (Å²) in [7, 11) is 0. The first kappa shape index (κ1) is 10.5. The molecular formula is C14H10N4. The molecule has 0 radical (unpaired) electrons. The molecule has 3 rings (SSSR count). The van der Waals surface area contributed by atoms with Crippen molar-refractivity contribution < 1.29 is 0 Å². The molecule has 4 heteroatoms. The molecule has 0 unspecified atom stereocenters. The van der Waals surface area contributed by atoms with Crippen LogP contribution in [0.4, 0.5) is 0 Å². The van der Waals surface area contributed by atoms with Crippen molar-refractivity contribution in [1.29, 1.82) is 5.26 Å². The number of aromatic nitrogens is 3. The summed E-state index contributed by atoms with van der Waals surface area (Å²) in [6.45, 7) is 1.86. The lowest BCUT2D eigenvalue weighted by atomic mass is 10.1. The molecular weight excluding hydrogens is 224 g/mol. The van der Waals surface area contributed by atoms with Crippen LogP contribution < -0.4 is 0 Å². The Balaban J connectivity index is 2.27. The maximum Gasteiger partial charge on any atom is 0.232 e. The minimum atomic E-state index is 0.204. The standard InChI is InChI=1S/C14H10N4/c1-9-6-13(18-14(7-15)17-9)11-8-16-12-5-3-2-4-10(11)12/h2-6,8,16H,1H3. The summed E-state index contributed by atoms with van der Waals surface area (Å²) in [5, 5.41) is 10.0. The van der Waals surface area contributed by atoms with Crippen LogP contribution in [0.25, 0.3) is 22.2 Å². The van der Waals surface area contributed by atoms with E-state index in [-0.39, 0.29) is 5.82 Å². The molecule has 0 spiro atoms. The lowest BCUT2D eigenvalue weighted by Gasteiger charge is -2.00. The predicted molar refractivity (Wildman–Crippen MR) is 68.8 cm³/mol. The average molecular weight is 234 g/mol. The van der Waals surface area contributed by atoms with E-state index in [1.54, 1.807) is 0 Å². The molecule has 0 fully saturated rings. The number of fused-ring (bicyclic) bond motifs is 1. The Morgan fingerprint density at radius 2 is 2.06 bits per heavy atom. The summed E-state index contributed by atoms with van der Waals surface area (Å²) in [6.07, 6.45) is 1.91. The summed E-state index contributed by atoms with van der Waals surface area (Å²) < 4.78 is 0. The van der Waals surface area contributed by atoms with E-state index < -0.39 is 0 Å². The molecule has 0 saturated heterocycles. The number of aromatic amines is 1. The van der Waals surface area contributed by atoms with Gasteiger partial charge in [0.2, 0.25) is 5.82 Å². The van der Waals surface area contributed by atoms with Crippen LogP contribution >= 0.6 is 0 Å². The van der Waals surface area contributed by atoms with Crippen LogP contribution in [0, 0.1) is 18.3 Å². The molecule has 0 atom stereocenters. The van der Waals surface area contributed by atoms with E-state index in [9.17, 15) is 0 Å². The Hall–Kier alpha value is -2.67. The molecule has 2 aromatic heterocycles. The highest BCUT2D eigenvalue weighted by Gasteiger charge is 2.09. The van der Waals surface area contributed by atoms with Gasteiger partial charge in [0.05, 0.1) is 5.69 Å². The fraction of sp³-hybridized carbons (Fsp3) is 0.0714. The van der Waals surface area contributed by atoms with Crippen LogP contribution in [-0.4, -0.2) is 15.0 Å². The van der Waals surface area contributed by atoms with Gasteiger partial charge in [0.25, 0.3) is 0 Å². The van der Waals surface area contributed by atoms with Gasteiger partial charge in [0.15, 0.2) is 0 Å². The maximum absolute atomic E-state index is 8.91. The molecule has 0 saturated carbocycles. The molecule has 18 heavy (non-hydrogen) atoms. The SMILES string of the molecule is Cc1cc(-c2c[nH]c3ccccc23)nc(C#N)n1. The van der Waals surface area contributed by atoms with Gasteiger partial charge >= 0.3 is 0 Å². The first-order valence-corrected chi connectivity index (χ1v) is 5.60. The summed E-state index contributed by atoms with van der Waals surface area (Å²) in [5.74, 6) is 0.204. The van der Waals surface area contributed by atoms with Crippen LogP contribution in [-0.2, 0) is 0 Å². The second-order valence-corrected chi connectivity index (χ2v) is 4.08.